The Hall–Kier alpha value is -2.49. The lowest BCUT2D eigenvalue weighted by Gasteiger charge is -2.31. The molecule has 0 unspecified atom stereocenters. The minimum absolute atomic E-state index is 0.247. The molecule has 23 heavy (non-hydrogen) atoms. The van der Waals surface area contributed by atoms with Gasteiger partial charge in [0.25, 0.3) is 0 Å². The van der Waals surface area contributed by atoms with Crippen molar-refractivity contribution in [2.75, 3.05) is 13.1 Å². The molecule has 1 amide bonds. The highest BCUT2D eigenvalue weighted by Crippen LogP contribution is 2.30. The van der Waals surface area contributed by atoms with E-state index in [0.717, 1.165) is 24.0 Å². The maximum atomic E-state index is 12.1. The van der Waals surface area contributed by atoms with Crippen molar-refractivity contribution in [3.63, 3.8) is 0 Å². The first kappa shape index (κ1) is 15.4. The zero-order valence-electron chi connectivity index (χ0n) is 13.0. The van der Waals surface area contributed by atoms with Crippen LogP contribution in [0.4, 0.5) is 4.79 Å². The molecule has 4 heteroatoms. The molecule has 2 aromatic rings. The molecule has 4 nitrogen and oxygen atoms in total. The van der Waals surface area contributed by atoms with Crippen molar-refractivity contribution in [2.24, 2.45) is 0 Å². The van der Waals surface area contributed by atoms with Gasteiger partial charge >= 0.3 is 6.09 Å². The normalized spacial score (nSPS) is 15.4. The number of amides is 1. The molecule has 1 N–H and O–H groups in total. The lowest BCUT2D eigenvalue weighted by molar-refractivity contribution is 0.0870. The smallest absolute Gasteiger partial charge is 0.410 e. The number of piperidine rings is 1. The number of likely N-dealkylation sites (tertiary alicyclic amines) is 1. The molecule has 120 valence electrons. The van der Waals surface area contributed by atoms with Gasteiger partial charge in [0, 0.05) is 13.1 Å². The fourth-order valence-electron chi connectivity index (χ4n) is 2.98. The quantitative estimate of drug-likeness (QED) is 0.935. The summed E-state index contributed by atoms with van der Waals surface area (Å²) < 4.78 is 5.37. The number of nitrogens with zero attached hydrogens (tertiary/aromatic N) is 1. The van der Waals surface area contributed by atoms with Crippen LogP contribution in [-0.4, -0.2) is 29.2 Å². The Labute approximate surface area is 136 Å². The van der Waals surface area contributed by atoms with Gasteiger partial charge in [0.05, 0.1) is 0 Å². The standard InChI is InChI=1S/C19H21NO3/c21-18-8-4-7-17(13-18)16-9-11-20(12-10-16)19(22)23-14-15-5-2-1-3-6-15/h1-8,13,16,21H,9-12,14H2. The molecular formula is C19H21NO3. The fourth-order valence-corrected chi connectivity index (χ4v) is 2.98. The lowest BCUT2D eigenvalue weighted by Crippen LogP contribution is -2.38. The van der Waals surface area contributed by atoms with Crippen LogP contribution in [0.1, 0.15) is 29.9 Å². The Morgan fingerprint density at radius 2 is 1.83 bits per heavy atom. The van der Waals surface area contributed by atoms with E-state index in [9.17, 15) is 9.90 Å². The molecule has 1 aliphatic heterocycles. The number of carbonyl (C=O) groups excluding carboxylic acids is 1. The van der Waals surface area contributed by atoms with Gasteiger partial charge in [-0.3, -0.25) is 0 Å². The highest BCUT2D eigenvalue weighted by atomic mass is 16.6. The summed E-state index contributed by atoms with van der Waals surface area (Å²) in [7, 11) is 0. The van der Waals surface area contributed by atoms with E-state index in [2.05, 4.69) is 0 Å². The minimum Gasteiger partial charge on any atom is -0.508 e. The van der Waals surface area contributed by atoms with Gasteiger partial charge in [0.2, 0.25) is 0 Å². The van der Waals surface area contributed by atoms with Gasteiger partial charge in [-0.1, -0.05) is 42.5 Å². The summed E-state index contributed by atoms with van der Waals surface area (Å²) in [5, 5.41) is 9.58. The van der Waals surface area contributed by atoms with Crippen LogP contribution in [0.3, 0.4) is 0 Å². The Morgan fingerprint density at radius 1 is 1.09 bits per heavy atom. The third kappa shape index (κ3) is 4.03. The summed E-state index contributed by atoms with van der Waals surface area (Å²) in [5.74, 6) is 0.687. The Balaban J connectivity index is 1.49. The van der Waals surface area contributed by atoms with Crippen molar-refractivity contribution in [3.8, 4) is 5.75 Å². The minimum atomic E-state index is -0.247. The number of benzene rings is 2. The summed E-state index contributed by atoms with van der Waals surface area (Å²) in [6.07, 6.45) is 1.54. The van der Waals surface area contributed by atoms with Gasteiger partial charge in [-0.25, -0.2) is 4.79 Å². The average molecular weight is 311 g/mol. The predicted octanol–water partition coefficient (Wildman–Crippen LogP) is 3.91. The molecule has 1 heterocycles. The van der Waals surface area contributed by atoms with Crippen LogP contribution in [0, 0.1) is 0 Å². The van der Waals surface area contributed by atoms with E-state index in [1.807, 2.05) is 48.5 Å². The summed E-state index contributed by atoms with van der Waals surface area (Å²) >= 11 is 0. The molecule has 3 rings (SSSR count). The second-order valence-corrected chi connectivity index (χ2v) is 5.90. The fraction of sp³-hybridized carbons (Fsp3) is 0.316. The van der Waals surface area contributed by atoms with Crippen molar-refractivity contribution >= 4 is 6.09 Å². The van der Waals surface area contributed by atoms with Crippen LogP contribution >= 0.6 is 0 Å². The molecule has 0 aliphatic carbocycles. The van der Waals surface area contributed by atoms with E-state index in [-0.39, 0.29) is 6.09 Å². The van der Waals surface area contributed by atoms with Crippen LogP contribution in [0.2, 0.25) is 0 Å². The number of hydrogen-bond donors (Lipinski definition) is 1. The Kier molecular flexibility index (Phi) is 4.81. The maximum absolute atomic E-state index is 12.1. The molecule has 0 radical (unpaired) electrons. The SMILES string of the molecule is O=C(OCc1ccccc1)N1CCC(c2cccc(O)c2)CC1. The summed E-state index contributed by atoms with van der Waals surface area (Å²) in [6, 6.07) is 17.1. The molecular weight excluding hydrogens is 290 g/mol. The number of hydrogen-bond acceptors (Lipinski definition) is 3. The van der Waals surface area contributed by atoms with Gasteiger partial charge < -0.3 is 14.7 Å². The largest absolute Gasteiger partial charge is 0.508 e. The van der Waals surface area contributed by atoms with Gasteiger partial charge in [-0.15, -0.1) is 0 Å². The van der Waals surface area contributed by atoms with Crippen LogP contribution in [0.15, 0.2) is 54.6 Å². The third-order valence-electron chi connectivity index (χ3n) is 4.30. The van der Waals surface area contributed by atoms with Gasteiger partial charge in [0.1, 0.15) is 12.4 Å². The number of carbonyl (C=O) groups is 1. The van der Waals surface area contributed by atoms with E-state index < -0.39 is 0 Å². The van der Waals surface area contributed by atoms with Gasteiger partial charge in [-0.2, -0.15) is 0 Å². The van der Waals surface area contributed by atoms with Crippen LogP contribution in [0.5, 0.6) is 5.75 Å². The van der Waals surface area contributed by atoms with E-state index in [1.165, 1.54) is 0 Å². The predicted molar refractivity (Wildman–Crippen MR) is 88.3 cm³/mol. The molecule has 2 aromatic carbocycles. The van der Waals surface area contributed by atoms with Crippen molar-refractivity contribution < 1.29 is 14.6 Å². The zero-order valence-corrected chi connectivity index (χ0v) is 13.0. The number of rotatable bonds is 3. The van der Waals surface area contributed by atoms with Crippen molar-refractivity contribution in [1.29, 1.82) is 0 Å². The highest BCUT2D eigenvalue weighted by molar-refractivity contribution is 5.67. The highest BCUT2D eigenvalue weighted by Gasteiger charge is 2.24. The number of phenols is 1. The summed E-state index contributed by atoms with van der Waals surface area (Å²) in [5.41, 5.74) is 2.14. The van der Waals surface area contributed by atoms with Crippen molar-refractivity contribution in [2.45, 2.75) is 25.4 Å². The molecule has 0 atom stereocenters. The van der Waals surface area contributed by atoms with Gasteiger partial charge in [-0.05, 0) is 42.0 Å². The van der Waals surface area contributed by atoms with Crippen LogP contribution < -0.4 is 0 Å². The number of phenolic OH excluding ortho intramolecular Hbond substituents is 1. The van der Waals surface area contributed by atoms with E-state index in [1.54, 1.807) is 11.0 Å². The zero-order chi connectivity index (χ0) is 16.1. The van der Waals surface area contributed by atoms with Crippen LogP contribution in [-0.2, 0) is 11.3 Å². The molecule has 1 fully saturated rings. The molecule has 0 bridgehead atoms. The maximum Gasteiger partial charge on any atom is 0.410 e. The summed E-state index contributed by atoms with van der Waals surface area (Å²) in [4.78, 5) is 13.9. The first-order valence-corrected chi connectivity index (χ1v) is 7.97. The molecule has 0 saturated carbocycles. The molecule has 0 spiro atoms. The molecule has 1 saturated heterocycles. The number of ether oxygens (including phenoxy) is 1. The average Bonchev–Trinajstić information content (AvgIpc) is 2.61. The van der Waals surface area contributed by atoms with Crippen molar-refractivity contribution in [1.82, 2.24) is 4.90 Å². The van der Waals surface area contributed by atoms with E-state index in [4.69, 9.17) is 4.74 Å². The lowest BCUT2D eigenvalue weighted by atomic mass is 9.89. The summed E-state index contributed by atoms with van der Waals surface area (Å²) in [6.45, 7) is 1.69. The Morgan fingerprint density at radius 3 is 2.52 bits per heavy atom. The van der Waals surface area contributed by atoms with Crippen LogP contribution in [0.25, 0.3) is 0 Å². The van der Waals surface area contributed by atoms with E-state index >= 15 is 0 Å². The molecule has 1 aliphatic rings. The number of aromatic hydroxyl groups is 1. The first-order valence-electron chi connectivity index (χ1n) is 7.97. The molecule has 0 aromatic heterocycles. The Bertz CT molecular complexity index is 649. The van der Waals surface area contributed by atoms with E-state index in [0.29, 0.717) is 31.4 Å². The second-order valence-electron chi connectivity index (χ2n) is 5.90. The monoisotopic (exact) mass is 311 g/mol. The van der Waals surface area contributed by atoms with Crippen molar-refractivity contribution in [3.05, 3.63) is 65.7 Å². The third-order valence-corrected chi connectivity index (χ3v) is 4.30. The van der Waals surface area contributed by atoms with Gasteiger partial charge in [0.15, 0.2) is 0 Å². The second kappa shape index (κ2) is 7.18. The topological polar surface area (TPSA) is 49.8 Å². The first-order chi connectivity index (χ1) is 11.2.